The summed E-state index contributed by atoms with van der Waals surface area (Å²) < 4.78 is 16.3. The SMILES string of the molecule is CCOC(=O)c1oc2cc(-c3ccccc3)cc(OC)c2c1C. The second-order valence-corrected chi connectivity index (χ2v) is 5.19. The number of carbonyl (C=O) groups excluding carboxylic acids is 1. The molecule has 0 bridgehead atoms. The Kier molecular flexibility index (Phi) is 4.06. The Bertz CT molecular complexity index is 847. The molecule has 0 amide bonds. The number of carbonyl (C=O) groups is 1. The van der Waals surface area contributed by atoms with Crippen LogP contribution in [0.25, 0.3) is 22.1 Å². The van der Waals surface area contributed by atoms with E-state index in [1.807, 2.05) is 49.4 Å². The van der Waals surface area contributed by atoms with E-state index in [4.69, 9.17) is 13.9 Å². The first-order valence-electron chi connectivity index (χ1n) is 7.49. The average Bonchev–Trinajstić information content (AvgIpc) is 2.92. The number of benzene rings is 2. The van der Waals surface area contributed by atoms with Gasteiger partial charge in [-0.1, -0.05) is 30.3 Å². The lowest BCUT2D eigenvalue weighted by Crippen LogP contribution is -2.04. The Morgan fingerprint density at radius 1 is 1.13 bits per heavy atom. The van der Waals surface area contributed by atoms with Gasteiger partial charge in [0, 0.05) is 5.56 Å². The van der Waals surface area contributed by atoms with Crippen LogP contribution in [-0.2, 0) is 4.74 Å². The van der Waals surface area contributed by atoms with Crippen LogP contribution in [0.1, 0.15) is 23.0 Å². The molecule has 0 spiro atoms. The lowest BCUT2D eigenvalue weighted by Gasteiger charge is -2.07. The fourth-order valence-corrected chi connectivity index (χ4v) is 2.69. The van der Waals surface area contributed by atoms with Crippen molar-refractivity contribution >= 4 is 16.9 Å². The first-order valence-corrected chi connectivity index (χ1v) is 7.49. The Balaban J connectivity index is 2.20. The number of hydrogen-bond acceptors (Lipinski definition) is 4. The van der Waals surface area contributed by atoms with E-state index < -0.39 is 5.97 Å². The van der Waals surface area contributed by atoms with Crippen molar-refractivity contribution in [2.75, 3.05) is 13.7 Å². The van der Waals surface area contributed by atoms with Gasteiger partial charge < -0.3 is 13.9 Å². The lowest BCUT2D eigenvalue weighted by molar-refractivity contribution is 0.0491. The summed E-state index contributed by atoms with van der Waals surface area (Å²) in [6.45, 7) is 3.91. The van der Waals surface area contributed by atoms with Gasteiger partial charge in [0.2, 0.25) is 5.76 Å². The maximum Gasteiger partial charge on any atom is 0.374 e. The summed E-state index contributed by atoms with van der Waals surface area (Å²) in [5.41, 5.74) is 3.37. The van der Waals surface area contributed by atoms with Crippen molar-refractivity contribution in [2.24, 2.45) is 0 Å². The zero-order valence-corrected chi connectivity index (χ0v) is 13.4. The van der Waals surface area contributed by atoms with Crippen molar-refractivity contribution in [1.82, 2.24) is 0 Å². The first-order chi connectivity index (χ1) is 11.2. The minimum Gasteiger partial charge on any atom is -0.496 e. The van der Waals surface area contributed by atoms with Gasteiger partial charge in [0.15, 0.2) is 0 Å². The summed E-state index contributed by atoms with van der Waals surface area (Å²) in [4.78, 5) is 12.0. The van der Waals surface area contributed by atoms with Crippen LogP contribution >= 0.6 is 0 Å². The molecule has 118 valence electrons. The molecule has 0 fully saturated rings. The summed E-state index contributed by atoms with van der Waals surface area (Å²) in [6.07, 6.45) is 0. The molecule has 23 heavy (non-hydrogen) atoms. The van der Waals surface area contributed by atoms with Crippen LogP contribution in [0.5, 0.6) is 5.75 Å². The summed E-state index contributed by atoms with van der Waals surface area (Å²) in [7, 11) is 1.61. The number of ether oxygens (including phenoxy) is 2. The van der Waals surface area contributed by atoms with Gasteiger partial charge in [-0.3, -0.25) is 0 Å². The van der Waals surface area contributed by atoms with Crippen molar-refractivity contribution in [3.8, 4) is 16.9 Å². The third kappa shape index (κ3) is 2.68. The predicted octanol–water partition coefficient (Wildman–Crippen LogP) is 4.59. The number of rotatable bonds is 4. The Morgan fingerprint density at radius 3 is 2.52 bits per heavy atom. The highest BCUT2D eigenvalue weighted by Gasteiger charge is 2.22. The van der Waals surface area contributed by atoms with Crippen LogP contribution < -0.4 is 4.74 Å². The van der Waals surface area contributed by atoms with Crippen LogP contribution in [0, 0.1) is 6.92 Å². The fourth-order valence-electron chi connectivity index (χ4n) is 2.69. The van der Waals surface area contributed by atoms with E-state index in [-0.39, 0.29) is 5.76 Å². The highest BCUT2D eigenvalue weighted by atomic mass is 16.5. The average molecular weight is 310 g/mol. The smallest absolute Gasteiger partial charge is 0.374 e. The summed E-state index contributed by atoms with van der Waals surface area (Å²) in [6, 6.07) is 13.8. The molecule has 3 rings (SSSR count). The first kappa shape index (κ1) is 15.2. The van der Waals surface area contributed by atoms with E-state index in [0.29, 0.717) is 17.9 Å². The van der Waals surface area contributed by atoms with Crippen LogP contribution in [0.3, 0.4) is 0 Å². The molecule has 0 aliphatic rings. The summed E-state index contributed by atoms with van der Waals surface area (Å²) in [5.74, 6) is 0.452. The van der Waals surface area contributed by atoms with E-state index in [0.717, 1.165) is 22.1 Å². The minimum absolute atomic E-state index is 0.227. The molecule has 1 heterocycles. The van der Waals surface area contributed by atoms with E-state index in [2.05, 4.69) is 0 Å². The number of methoxy groups -OCH3 is 1. The molecule has 0 aliphatic carbocycles. The van der Waals surface area contributed by atoms with Crippen LogP contribution in [0.4, 0.5) is 0 Å². The number of fused-ring (bicyclic) bond motifs is 1. The molecule has 3 aromatic rings. The van der Waals surface area contributed by atoms with Crippen LogP contribution in [0.15, 0.2) is 46.9 Å². The summed E-state index contributed by atoms with van der Waals surface area (Å²) in [5, 5.41) is 0.801. The second-order valence-electron chi connectivity index (χ2n) is 5.19. The van der Waals surface area contributed by atoms with Gasteiger partial charge in [0.05, 0.1) is 19.1 Å². The molecular weight excluding hydrogens is 292 g/mol. The van der Waals surface area contributed by atoms with Gasteiger partial charge in [-0.05, 0) is 37.1 Å². The zero-order valence-electron chi connectivity index (χ0n) is 13.4. The minimum atomic E-state index is -0.454. The summed E-state index contributed by atoms with van der Waals surface area (Å²) >= 11 is 0. The quantitative estimate of drug-likeness (QED) is 0.661. The topological polar surface area (TPSA) is 48.7 Å². The van der Waals surface area contributed by atoms with Gasteiger partial charge in [-0.15, -0.1) is 0 Å². The van der Waals surface area contributed by atoms with Crippen molar-refractivity contribution in [3.63, 3.8) is 0 Å². The molecule has 1 aromatic heterocycles. The molecule has 2 aromatic carbocycles. The van der Waals surface area contributed by atoms with Gasteiger partial charge in [0.1, 0.15) is 11.3 Å². The Hall–Kier alpha value is -2.75. The van der Waals surface area contributed by atoms with Gasteiger partial charge >= 0.3 is 5.97 Å². The van der Waals surface area contributed by atoms with Crippen molar-refractivity contribution in [3.05, 3.63) is 53.8 Å². The molecule has 0 atom stereocenters. The highest BCUT2D eigenvalue weighted by molar-refractivity contribution is 6.00. The molecule has 0 radical (unpaired) electrons. The highest BCUT2D eigenvalue weighted by Crippen LogP contribution is 2.37. The largest absolute Gasteiger partial charge is 0.496 e. The van der Waals surface area contributed by atoms with E-state index >= 15 is 0 Å². The zero-order chi connectivity index (χ0) is 16.4. The van der Waals surface area contributed by atoms with Gasteiger partial charge in [-0.25, -0.2) is 4.79 Å². The molecule has 0 saturated carbocycles. The molecule has 0 aliphatic heterocycles. The van der Waals surface area contributed by atoms with Crippen molar-refractivity contribution < 1.29 is 18.7 Å². The van der Waals surface area contributed by atoms with Crippen LogP contribution in [-0.4, -0.2) is 19.7 Å². The Labute approximate surface area is 134 Å². The molecular formula is C19H18O4. The Morgan fingerprint density at radius 2 is 1.87 bits per heavy atom. The maximum absolute atomic E-state index is 12.0. The van der Waals surface area contributed by atoms with Crippen LogP contribution in [0.2, 0.25) is 0 Å². The van der Waals surface area contributed by atoms with Crippen molar-refractivity contribution in [2.45, 2.75) is 13.8 Å². The maximum atomic E-state index is 12.0. The van der Waals surface area contributed by atoms with E-state index in [1.54, 1.807) is 14.0 Å². The molecule has 0 saturated heterocycles. The predicted molar refractivity (Wildman–Crippen MR) is 88.9 cm³/mol. The standard InChI is InChI=1S/C19H18O4/c1-4-22-19(20)18-12(2)17-15(21-3)10-14(11-16(17)23-18)13-8-6-5-7-9-13/h5-11H,4H2,1-3H3. The second kappa shape index (κ2) is 6.16. The van der Waals surface area contributed by atoms with Crippen molar-refractivity contribution in [1.29, 1.82) is 0 Å². The number of esters is 1. The number of aryl methyl sites for hydroxylation is 1. The third-order valence-corrected chi connectivity index (χ3v) is 3.78. The molecule has 4 nitrogen and oxygen atoms in total. The van der Waals surface area contributed by atoms with Gasteiger partial charge in [0.25, 0.3) is 0 Å². The molecule has 4 heteroatoms. The lowest BCUT2D eigenvalue weighted by atomic mass is 10.0. The third-order valence-electron chi connectivity index (χ3n) is 3.78. The molecule has 0 N–H and O–H groups in total. The molecule has 0 unspecified atom stereocenters. The van der Waals surface area contributed by atoms with E-state index in [9.17, 15) is 4.79 Å². The number of hydrogen-bond donors (Lipinski definition) is 0. The normalized spacial score (nSPS) is 10.7. The monoisotopic (exact) mass is 310 g/mol. The van der Waals surface area contributed by atoms with Gasteiger partial charge in [-0.2, -0.15) is 0 Å². The van der Waals surface area contributed by atoms with E-state index in [1.165, 1.54) is 0 Å². The fraction of sp³-hybridized carbons (Fsp3) is 0.211. The number of furan rings is 1.